The van der Waals surface area contributed by atoms with Crippen LogP contribution in [0, 0.1) is 0 Å². The van der Waals surface area contributed by atoms with E-state index in [9.17, 15) is 4.79 Å². The fraction of sp³-hybridized carbons (Fsp3) is 0.917. The molecule has 0 aromatic rings. The molecule has 0 aliphatic carbocycles. The third-order valence-electron chi connectivity index (χ3n) is 2.72. The summed E-state index contributed by atoms with van der Waals surface area (Å²) in [6.07, 6.45) is 3.74. The highest BCUT2D eigenvalue weighted by molar-refractivity contribution is 8.00. The van der Waals surface area contributed by atoms with Gasteiger partial charge in [-0.2, -0.15) is 0 Å². The summed E-state index contributed by atoms with van der Waals surface area (Å²) in [4.78, 5) is 13.6. The van der Waals surface area contributed by atoms with Gasteiger partial charge in [0.25, 0.3) is 0 Å². The van der Waals surface area contributed by atoms with E-state index in [4.69, 9.17) is 4.74 Å². The first-order chi connectivity index (χ1) is 7.59. The van der Waals surface area contributed by atoms with Crippen LogP contribution in [0.15, 0.2) is 0 Å². The SMILES string of the molecule is CC(C)SCC(=O)N(C)C[C@H]1CCCCO1. The lowest BCUT2D eigenvalue weighted by molar-refractivity contribution is -0.129. The predicted octanol–water partition coefficient (Wildman–Crippen LogP) is 2.16. The van der Waals surface area contributed by atoms with Crippen LogP contribution in [0.5, 0.6) is 0 Å². The Balaban J connectivity index is 2.21. The van der Waals surface area contributed by atoms with Gasteiger partial charge in [0.1, 0.15) is 0 Å². The van der Waals surface area contributed by atoms with E-state index >= 15 is 0 Å². The van der Waals surface area contributed by atoms with Crippen molar-refractivity contribution in [3.05, 3.63) is 0 Å². The maximum atomic E-state index is 11.8. The van der Waals surface area contributed by atoms with E-state index < -0.39 is 0 Å². The Kier molecular flexibility index (Phi) is 6.21. The molecule has 1 rings (SSSR count). The molecule has 1 aliphatic rings. The minimum atomic E-state index is 0.216. The quantitative estimate of drug-likeness (QED) is 0.743. The highest BCUT2D eigenvalue weighted by Crippen LogP contribution is 2.14. The van der Waals surface area contributed by atoms with Crippen LogP contribution in [-0.4, -0.2) is 48.1 Å². The molecule has 4 heteroatoms. The molecule has 3 nitrogen and oxygen atoms in total. The van der Waals surface area contributed by atoms with Crippen LogP contribution in [0.4, 0.5) is 0 Å². The topological polar surface area (TPSA) is 29.5 Å². The average molecular weight is 245 g/mol. The fourth-order valence-electron chi connectivity index (χ4n) is 1.71. The Labute approximate surface area is 103 Å². The average Bonchev–Trinajstić information content (AvgIpc) is 2.27. The molecule has 1 heterocycles. The molecule has 0 aromatic carbocycles. The summed E-state index contributed by atoms with van der Waals surface area (Å²) in [5.74, 6) is 0.800. The molecular weight excluding hydrogens is 222 g/mol. The van der Waals surface area contributed by atoms with E-state index in [1.165, 1.54) is 6.42 Å². The van der Waals surface area contributed by atoms with Crippen molar-refractivity contribution >= 4 is 17.7 Å². The lowest BCUT2D eigenvalue weighted by Crippen LogP contribution is -2.38. The van der Waals surface area contributed by atoms with Gasteiger partial charge in [0.05, 0.1) is 11.9 Å². The number of thioether (sulfide) groups is 1. The first kappa shape index (κ1) is 13.8. The predicted molar refractivity (Wildman–Crippen MR) is 68.8 cm³/mol. The van der Waals surface area contributed by atoms with Crippen molar-refractivity contribution in [3.63, 3.8) is 0 Å². The number of carbonyl (C=O) groups is 1. The number of rotatable bonds is 5. The largest absolute Gasteiger partial charge is 0.376 e. The van der Waals surface area contributed by atoms with Crippen molar-refractivity contribution in [1.29, 1.82) is 0 Å². The van der Waals surface area contributed by atoms with Crippen LogP contribution < -0.4 is 0 Å². The number of nitrogens with zero attached hydrogens (tertiary/aromatic N) is 1. The molecule has 16 heavy (non-hydrogen) atoms. The Hall–Kier alpha value is -0.220. The maximum Gasteiger partial charge on any atom is 0.232 e. The summed E-state index contributed by atoms with van der Waals surface area (Å²) in [5, 5.41) is 0.517. The summed E-state index contributed by atoms with van der Waals surface area (Å²) < 4.78 is 5.62. The first-order valence-corrected chi connectivity index (χ1v) is 7.11. The minimum Gasteiger partial charge on any atom is -0.376 e. The zero-order chi connectivity index (χ0) is 12.0. The van der Waals surface area contributed by atoms with Crippen molar-refractivity contribution in [2.75, 3.05) is 26.0 Å². The first-order valence-electron chi connectivity index (χ1n) is 6.06. The van der Waals surface area contributed by atoms with Gasteiger partial charge in [-0.25, -0.2) is 0 Å². The number of carbonyl (C=O) groups excluding carboxylic acids is 1. The van der Waals surface area contributed by atoms with Crippen LogP contribution in [0.2, 0.25) is 0 Å². The minimum absolute atomic E-state index is 0.216. The normalized spacial score (nSPS) is 21.1. The van der Waals surface area contributed by atoms with Crippen LogP contribution in [0.3, 0.4) is 0 Å². The molecule has 1 amide bonds. The molecule has 1 saturated heterocycles. The second kappa shape index (κ2) is 7.17. The Morgan fingerprint density at radius 3 is 2.81 bits per heavy atom. The molecular formula is C12H23NO2S. The van der Waals surface area contributed by atoms with Crippen molar-refractivity contribution in [2.45, 2.75) is 44.5 Å². The third kappa shape index (κ3) is 5.21. The summed E-state index contributed by atoms with van der Waals surface area (Å²) in [6.45, 7) is 5.83. The molecule has 1 atom stereocenters. The summed E-state index contributed by atoms with van der Waals surface area (Å²) in [6, 6.07) is 0. The summed E-state index contributed by atoms with van der Waals surface area (Å²) in [7, 11) is 1.88. The number of hydrogen-bond acceptors (Lipinski definition) is 3. The zero-order valence-electron chi connectivity index (χ0n) is 10.6. The van der Waals surface area contributed by atoms with Gasteiger partial charge < -0.3 is 9.64 Å². The lowest BCUT2D eigenvalue weighted by Gasteiger charge is -2.27. The zero-order valence-corrected chi connectivity index (χ0v) is 11.4. The van der Waals surface area contributed by atoms with Crippen LogP contribution in [-0.2, 0) is 9.53 Å². The number of amides is 1. The Bertz CT molecular complexity index is 215. The van der Waals surface area contributed by atoms with Gasteiger partial charge >= 0.3 is 0 Å². The second-order valence-corrected chi connectivity index (χ2v) is 6.19. The smallest absolute Gasteiger partial charge is 0.232 e. The van der Waals surface area contributed by atoms with Crippen LogP contribution in [0.25, 0.3) is 0 Å². The van der Waals surface area contributed by atoms with Crippen LogP contribution >= 0.6 is 11.8 Å². The standard InChI is InChI=1S/C12H23NO2S/c1-10(2)16-9-12(14)13(3)8-11-6-4-5-7-15-11/h10-11H,4-9H2,1-3H3/t11-/m1/s1. The monoisotopic (exact) mass is 245 g/mol. The van der Waals surface area contributed by atoms with Gasteiger partial charge in [0.15, 0.2) is 0 Å². The van der Waals surface area contributed by atoms with Gasteiger partial charge in [-0.3, -0.25) is 4.79 Å². The molecule has 0 saturated carbocycles. The third-order valence-corrected chi connectivity index (χ3v) is 3.80. The number of ether oxygens (including phenoxy) is 1. The van der Waals surface area contributed by atoms with Gasteiger partial charge in [0.2, 0.25) is 5.91 Å². The molecule has 0 unspecified atom stereocenters. The molecule has 0 aromatic heterocycles. The highest BCUT2D eigenvalue weighted by Gasteiger charge is 2.18. The second-order valence-electron chi connectivity index (χ2n) is 4.62. The van der Waals surface area contributed by atoms with E-state index in [1.807, 2.05) is 11.9 Å². The highest BCUT2D eigenvalue weighted by atomic mass is 32.2. The lowest BCUT2D eigenvalue weighted by atomic mass is 10.1. The van der Waals surface area contributed by atoms with E-state index in [2.05, 4.69) is 13.8 Å². The van der Waals surface area contributed by atoms with Crippen molar-refractivity contribution in [3.8, 4) is 0 Å². The van der Waals surface area contributed by atoms with Crippen LogP contribution in [0.1, 0.15) is 33.1 Å². The van der Waals surface area contributed by atoms with Crippen molar-refractivity contribution in [1.82, 2.24) is 4.90 Å². The van der Waals surface area contributed by atoms with Gasteiger partial charge in [-0.15, -0.1) is 11.8 Å². The summed E-state index contributed by atoms with van der Waals surface area (Å²) in [5.41, 5.74) is 0. The van der Waals surface area contributed by atoms with Crippen molar-refractivity contribution < 1.29 is 9.53 Å². The molecule has 0 N–H and O–H groups in total. The number of hydrogen-bond donors (Lipinski definition) is 0. The fourth-order valence-corrected chi connectivity index (χ4v) is 2.40. The molecule has 94 valence electrons. The molecule has 0 radical (unpaired) electrons. The van der Waals surface area contributed by atoms with E-state index in [-0.39, 0.29) is 12.0 Å². The Morgan fingerprint density at radius 1 is 1.50 bits per heavy atom. The Morgan fingerprint density at radius 2 is 2.25 bits per heavy atom. The summed E-state index contributed by atoms with van der Waals surface area (Å²) >= 11 is 1.70. The number of likely N-dealkylation sites (N-methyl/N-ethyl adjacent to an activating group) is 1. The van der Waals surface area contributed by atoms with E-state index in [0.29, 0.717) is 11.0 Å². The van der Waals surface area contributed by atoms with Crippen molar-refractivity contribution in [2.24, 2.45) is 0 Å². The maximum absolute atomic E-state index is 11.8. The van der Waals surface area contributed by atoms with Gasteiger partial charge in [-0.1, -0.05) is 13.8 Å². The van der Waals surface area contributed by atoms with Gasteiger partial charge in [0, 0.05) is 20.2 Å². The molecule has 1 aliphatic heterocycles. The molecule has 0 spiro atoms. The van der Waals surface area contributed by atoms with E-state index in [1.54, 1.807) is 11.8 Å². The van der Waals surface area contributed by atoms with E-state index in [0.717, 1.165) is 26.0 Å². The van der Waals surface area contributed by atoms with Gasteiger partial charge in [-0.05, 0) is 24.5 Å². The molecule has 0 bridgehead atoms. The molecule has 1 fully saturated rings.